The van der Waals surface area contributed by atoms with Gasteiger partial charge in [-0.2, -0.15) is 0 Å². The topological polar surface area (TPSA) is 50.4 Å². The third-order valence-corrected chi connectivity index (χ3v) is 3.81. The molecule has 2 heterocycles. The fourth-order valence-corrected chi connectivity index (χ4v) is 2.62. The molecule has 0 atom stereocenters. The van der Waals surface area contributed by atoms with Crippen molar-refractivity contribution in [1.82, 2.24) is 0 Å². The van der Waals surface area contributed by atoms with Gasteiger partial charge in [-0.15, -0.1) is 11.3 Å². The van der Waals surface area contributed by atoms with Crippen molar-refractivity contribution in [2.45, 2.75) is 0 Å². The molecule has 0 unspecified atom stereocenters. The third-order valence-electron chi connectivity index (χ3n) is 2.72. The molecule has 0 aliphatic carbocycles. The van der Waals surface area contributed by atoms with E-state index in [1.165, 1.54) is 11.3 Å². The lowest BCUT2D eigenvalue weighted by Gasteiger charge is -1.95. The van der Waals surface area contributed by atoms with Crippen LogP contribution >= 0.6 is 11.3 Å². The molecule has 0 saturated heterocycles. The van der Waals surface area contributed by atoms with Gasteiger partial charge in [-0.1, -0.05) is 30.3 Å². The standard InChI is InChI=1S/C15H10O3S/c16-15(17)14-9-8-13(19-14)12-7-6-11(18-12)10-4-2-1-3-5-10/h1-9H,(H,16,17). The summed E-state index contributed by atoms with van der Waals surface area (Å²) in [5, 5.41) is 8.91. The van der Waals surface area contributed by atoms with Crippen LogP contribution in [-0.4, -0.2) is 11.1 Å². The first-order valence-corrected chi connectivity index (χ1v) is 6.54. The van der Waals surface area contributed by atoms with Crippen LogP contribution in [0.5, 0.6) is 0 Å². The summed E-state index contributed by atoms with van der Waals surface area (Å²) in [7, 11) is 0. The lowest BCUT2D eigenvalue weighted by Crippen LogP contribution is -1.89. The van der Waals surface area contributed by atoms with Crippen molar-refractivity contribution >= 4 is 17.3 Å². The number of furan rings is 1. The van der Waals surface area contributed by atoms with Gasteiger partial charge in [-0.3, -0.25) is 0 Å². The minimum Gasteiger partial charge on any atom is -0.477 e. The van der Waals surface area contributed by atoms with Crippen molar-refractivity contribution < 1.29 is 14.3 Å². The number of hydrogen-bond acceptors (Lipinski definition) is 3. The van der Waals surface area contributed by atoms with Gasteiger partial charge in [0.25, 0.3) is 0 Å². The summed E-state index contributed by atoms with van der Waals surface area (Å²) >= 11 is 1.21. The monoisotopic (exact) mass is 270 g/mol. The Morgan fingerprint density at radius 2 is 1.68 bits per heavy atom. The molecule has 0 bridgehead atoms. The Morgan fingerprint density at radius 1 is 0.947 bits per heavy atom. The number of carboxylic acid groups (broad SMARTS) is 1. The van der Waals surface area contributed by atoms with Gasteiger partial charge in [0.2, 0.25) is 0 Å². The Balaban J connectivity index is 1.94. The molecule has 0 aliphatic heterocycles. The van der Waals surface area contributed by atoms with Crippen molar-refractivity contribution in [3.63, 3.8) is 0 Å². The van der Waals surface area contributed by atoms with Gasteiger partial charge in [0.1, 0.15) is 16.4 Å². The number of aromatic carboxylic acids is 1. The van der Waals surface area contributed by atoms with Crippen molar-refractivity contribution in [2.75, 3.05) is 0 Å². The van der Waals surface area contributed by atoms with Crippen LogP contribution in [-0.2, 0) is 0 Å². The molecule has 0 radical (unpaired) electrons. The van der Waals surface area contributed by atoms with Gasteiger partial charge in [0.15, 0.2) is 0 Å². The van der Waals surface area contributed by atoms with Crippen LogP contribution in [0, 0.1) is 0 Å². The zero-order valence-corrected chi connectivity index (χ0v) is 10.7. The molecule has 1 aromatic carbocycles. The molecule has 2 aromatic heterocycles. The molecular weight excluding hydrogens is 260 g/mol. The molecule has 0 saturated carbocycles. The quantitative estimate of drug-likeness (QED) is 0.768. The number of carbonyl (C=O) groups is 1. The van der Waals surface area contributed by atoms with Crippen LogP contribution in [0.3, 0.4) is 0 Å². The zero-order valence-electron chi connectivity index (χ0n) is 9.87. The van der Waals surface area contributed by atoms with E-state index in [4.69, 9.17) is 9.52 Å². The van der Waals surface area contributed by atoms with Crippen LogP contribution in [0.2, 0.25) is 0 Å². The molecule has 0 amide bonds. The molecule has 19 heavy (non-hydrogen) atoms. The van der Waals surface area contributed by atoms with E-state index in [0.717, 1.165) is 16.2 Å². The highest BCUT2D eigenvalue weighted by Crippen LogP contribution is 2.32. The first-order valence-electron chi connectivity index (χ1n) is 5.73. The maximum Gasteiger partial charge on any atom is 0.345 e. The number of carboxylic acids is 1. The van der Waals surface area contributed by atoms with E-state index >= 15 is 0 Å². The second-order valence-electron chi connectivity index (χ2n) is 4.00. The summed E-state index contributed by atoms with van der Waals surface area (Å²) in [5.41, 5.74) is 1.00. The molecule has 4 heteroatoms. The third kappa shape index (κ3) is 2.30. The van der Waals surface area contributed by atoms with E-state index in [2.05, 4.69) is 0 Å². The highest BCUT2D eigenvalue weighted by molar-refractivity contribution is 7.17. The van der Waals surface area contributed by atoms with Gasteiger partial charge in [0, 0.05) is 5.56 Å². The summed E-state index contributed by atoms with van der Waals surface area (Å²) < 4.78 is 5.77. The van der Waals surface area contributed by atoms with Crippen molar-refractivity contribution in [2.24, 2.45) is 0 Å². The second-order valence-corrected chi connectivity index (χ2v) is 5.08. The Morgan fingerprint density at radius 3 is 2.37 bits per heavy atom. The average Bonchev–Trinajstić information content (AvgIpc) is 3.09. The van der Waals surface area contributed by atoms with Gasteiger partial charge < -0.3 is 9.52 Å². The van der Waals surface area contributed by atoms with E-state index in [1.807, 2.05) is 42.5 Å². The molecule has 3 nitrogen and oxygen atoms in total. The maximum atomic E-state index is 10.9. The van der Waals surface area contributed by atoms with E-state index < -0.39 is 5.97 Å². The molecular formula is C15H10O3S. The Bertz CT molecular complexity index is 710. The van der Waals surface area contributed by atoms with Crippen LogP contribution < -0.4 is 0 Å². The van der Waals surface area contributed by atoms with Gasteiger partial charge in [0.05, 0.1) is 4.88 Å². The smallest absolute Gasteiger partial charge is 0.345 e. The average molecular weight is 270 g/mol. The highest BCUT2D eigenvalue weighted by Gasteiger charge is 2.11. The molecule has 3 rings (SSSR count). The second kappa shape index (κ2) is 4.74. The molecule has 94 valence electrons. The van der Waals surface area contributed by atoms with E-state index in [1.54, 1.807) is 12.1 Å². The lowest BCUT2D eigenvalue weighted by atomic mass is 10.2. The molecule has 0 spiro atoms. The summed E-state index contributed by atoms with van der Waals surface area (Å²) in [6.07, 6.45) is 0. The fraction of sp³-hybridized carbons (Fsp3) is 0. The minimum atomic E-state index is -0.911. The zero-order chi connectivity index (χ0) is 13.2. The summed E-state index contributed by atoms with van der Waals surface area (Å²) in [4.78, 5) is 12.0. The maximum absolute atomic E-state index is 10.9. The number of rotatable bonds is 3. The predicted octanol–water partition coefficient (Wildman–Crippen LogP) is 4.37. The van der Waals surface area contributed by atoms with Crippen LogP contribution in [0.25, 0.3) is 22.0 Å². The van der Waals surface area contributed by atoms with E-state index in [0.29, 0.717) is 10.6 Å². The Kier molecular flexibility index (Phi) is 2.93. The first kappa shape index (κ1) is 11.7. The summed E-state index contributed by atoms with van der Waals surface area (Å²) in [6, 6.07) is 16.9. The number of thiophene rings is 1. The van der Waals surface area contributed by atoms with Crippen molar-refractivity contribution in [3.8, 4) is 22.0 Å². The fourth-order valence-electron chi connectivity index (χ4n) is 1.81. The number of benzene rings is 1. The van der Waals surface area contributed by atoms with Gasteiger partial charge in [-0.05, 0) is 24.3 Å². The lowest BCUT2D eigenvalue weighted by molar-refractivity contribution is 0.0702. The van der Waals surface area contributed by atoms with E-state index in [-0.39, 0.29) is 0 Å². The first-order chi connectivity index (χ1) is 9.24. The molecule has 3 aromatic rings. The SMILES string of the molecule is O=C(O)c1ccc(-c2ccc(-c3ccccc3)o2)s1. The molecule has 0 aliphatic rings. The van der Waals surface area contributed by atoms with Gasteiger partial charge in [-0.25, -0.2) is 4.79 Å². The predicted molar refractivity (Wildman–Crippen MR) is 74.4 cm³/mol. The van der Waals surface area contributed by atoms with Crippen molar-refractivity contribution in [3.05, 3.63) is 59.5 Å². The summed E-state index contributed by atoms with van der Waals surface area (Å²) in [6.45, 7) is 0. The molecule has 0 fully saturated rings. The van der Waals surface area contributed by atoms with Crippen molar-refractivity contribution in [1.29, 1.82) is 0 Å². The Labute approximate surface area is 113 Å². The summed E-state index contributed by atoms with van der Waals surface area (Å²) in [5.74, 6) is 0.559. The molecule has 1 N–H and O–H groups in total. The Hall–Kier alpha value is -2.33. The minimum absolute atomic E-state index is 0.313. The van der Waals surface area contributed by atoms with Crippen LogP contribution in [0.1, 0.15) is 9.67 Å². The normalized spacial score (nSPS) is 10.5. The van der Waals surface area contributed by atoms with E-state index in [9.17, 15) is 4.79 Å². The largest absolute Gasteiger partial charge is 0.477 e. The highest BCUT2D eigenvalue weighted by atomic mass is 32.1. The van der Waals surface area contributed by atoms with Crippen LogP contribution in [0.4, 0.5) is 0 Å². The number of hydrogen-bond donors (Lipinski definition) is 1. The van der Waals surface area contributed by atoms with Crippen LogP contribution in [0.15, 0.2) is 59.0 Å². The van der Waals surface area contributed by atoms with Gasteiger partial charge >= 0.3 is 5.97 Å².